The van der Waals surface area contributed by atoms with Crippen molar-refractivity contribution < 1.29 is 13.9 Å². The van der Waals surface area contributed by atoms with Crippen LogP contribution in [0, 0.1) is 6.92 Å². The van der Waals surface area contributed by atoms with Crippen LogP contribution in [0.25, 0.3) is 0 Å². The zero-order valence-electron chi connectivity index (χ0n) is 13.0. The second-order valence-electron chi connectivity index (χ2n) is 5.70. The molecule has 1 aliphatic rings. The van der Waals surface area contributed by atoms with Crippen LogP contribution < -0.4 is 10.4 Å². The first-order valence-corrected chi connectivity index (χ1v) is 7.74. The van der Waals surface area contributed by atoms with Gasteiger partial charge in [-0.25, -0.2) is 4.79 Å². The van der Waals surface area contributed by atoms with Crippen LogP contribution in [0.2, 0.25) is 0 Å². The van der Waals surface area contributed by atoms with Gasteiger partial charge in [0, 0.05) is 37.6 Å². The summed E-state index contributed by atoms with van der Waals surface area (Å²) in [6.07, 6.45) is 1.51. The zero-order valence-corrected chi connectivity index (χ0v) is 13.0. The highest BCUT2D eigenvalue weighted by atomic mass is 16.5. The summed E-state index contributed by atoms with van der Waals surface area (Å²) in [5.41, 5.74) is 0.305. The number of carbonyl (C=O) groups excluding carboxylic acids is 1. The molecule has 1 saturated heterocycles. The van der Waals surface area contributed by atoms with Crippen LogP contribution in [0.4, 0.5) is 0 Å². The summed E-state index contributed by atoms with van der Waals surface area (Å²) in [5.74, 6) is 1.12. The monoisotopic (exact) mass is 313 g/mol. The summed E-state index contributed by atoms with van der Waals surface area (Å²) in [7, 11) is 0. The molecule has 1 aromatic carbocycles. The van der Waals surface area contributed by atoms with Crippen LogP contribution in [-0.4, -0.2) is 30.0 Å². The van der Waals surface area contributed by atoms with E-state index in [0.717, 1.165) is 12.8 Å². The average Bonchev–Trinajstić information content (AvgIpc) is 2.55. The second kappa shape index (κ2) is 6.69. The molecule has 1 aromatic heterocycles. The number of amides is 1. The van der Waals surface area contributed by atoms with E-state index in [1.54, 1.807) is 13.0 Å². The van der Waals surface area contributed by atoms with Gasteiger partial charge >= 0.3 is 5.63 Å². The number of rotatable bonds is 3. The summed E-state index contributed by atoms with van der Waals surface area (Å²) in [6.45, 7) is 3.02. The fourth-order valence-electron chi connectivity index (χ4n) is 2.78. The molecule has 0 atom stereocenters. The predicted molar refractivity (Wildman–Crippen MR) is 85.7 cm³/mol. The van der Waals surface area contributed by atoms with Gasteiger partial charge in [-0.05, 0) is 19.1 Å². The average molecular weight is 313 g/mol. The molecule has 1 aliphatic heterocycles. The van der Waals surface area contributed by atoms with Crippen molar-refractivity contribution >= 4 is 5.91 Å². The van der Waals surface area contributed by atoms with Crippen molar-refractivity contribution in [2.45, 2.75) is 25.9 Å². The van der Waals surface area contributed by atoms with Crippen molar-refractivity contribution in [3.63, 3.8) is 0 Å². The maximum absolute atomic E-state index is 12.4. The van der Waals surface area contributed by atoms with Crippen molar-refractivity contribution in [1.82, 2.24) is 4.90 Å². The first-order chi connectivity index (χ1) is 11.1. The van der Waals surface area contributed by atoms with E-state index in [0.29, 0.717) is 30.2 Å². The van der Waals surface area contributed by atoms with E-state index in [-0.39, 0.29) is 12.0 Å². The molecule has 2 heterocycles. The molecule has 0 spiro atoms. The Bertz CT molecular complexity index is 730. The highest BCUT2D eigenvalue weighted by molar-refractivity contribution is 5.94. The Labute approximate surface area is 134 Å². The fourth-order valence-corrected chi connectivity index (χ4v) is 2.78. The Balaban J connectivity index is 1.58. The lowest BCUT2D eigenvalue weighted by atomic mass is 10.1. The van der Waals surface area contributed by atoms with E-state index < -0.39 is 5.63 Å². The molecule has 1 amide bonds. The van der Waals surface area contributed by atoms with Crippen LogP contribution >= 0.6 is 0 Å². The quantitative estimate of drug-likeness (QED) is 0.874. The van der Waals surface area contributed by atoms with Crippen molar-refractivity contribution in [3.8, 4) is 5.75 Å². The standard InChI is InChI=1S/C18H19NO4/c1-13-11-16(12-17(20)22-13)23-15-7-9-19(10-8-15)18(21)14-5-3-2-4-6-14/h2-6,11-12,15H,7-10H2,1H3. The van der Waals surface area contributed by atoms with E-state index >= 15 is 0 Å². The van der Waals surface area contributed by atoms with Gasteiger partial charge in [0.2, 0.25) is 0 Å². The number of carbonyl (C=O) groups is 1. The summed E-state index contributed by atoms with van der Waals surface area (Å²) in [6, 6.07) is 12.4. The highest BCUT2D eigenvalue weighted by Gasteiger charge is 2.24. The Morgan fingerprint density at radius 3 is 2.52 bits per heavy atom. The molecule has 0 aliphatic carbocycles. The SMILES string of the molecule is Cc1cc(OC2CCN(C(=O)c3ccccc3)CC2)cc(=O)o1. The molecule has 0 N–H and O–H groups in total. The lowest BCUT2D eigenvalue weighted by molar-refractivity contribution is 0.0594. The molecular formula is C18H19NO4. The number of hydrogen-bond donors (Lipinski definition) is 0. The summed E-state index contributed by atoms with van der Waals surface area (Å²) in [5, 5.41) is 0. The molecule has 0 saturated carbocycles. The van der Waals surface area contributed by atoms with Gasteiger partial charge in [-0.2, -0.15) is 0 Å². The normalized spacial score (nSPS) is 15.4. The van der Waals surface area contributed by atoms with Crippen molar-refractivity contribution in [1.29, 1.82) is 0 Å². The number of nitrogens with zero attached hydrogens (tertiary/aromatic N) is 1. The topological polar surface area (TPSA) is 59.8 Å². The summed E-state index contributed by atoms with van der Waals surface area (Å²) in [4.78, 5) is 25.6. The van der Waals surface area contributed by atoms with Gasteiger partial charge in [0.25, 0.3) is 5.91 Å². The van der Waals surface area contributed by atoms with Gasteiger partial charge in [0.15, 0.2) is 0 Å². The van der Waals surface area contributed by atoms with Gasteiger partial charge in [-0.1, -0.05) is 18.2 Å². The zero-order chi connectivity index (χ0) is 16.2. The van der Waals surface area contributed by atoms with E-state index in [9.17, 15) is 9.59 Å². The predicted octanol–water partition coefficient (Wildman–Crippen LogP) is 2.63. The molecule has 3 rings (SSSR count). The molecule has 1 fully saturated rings. The van der Waals surface area contributed by atoms with E-state index in [4.69, 9.17) is 9.15 Å². The van der Waals surface area contributed by atoms with Crippen LogP contribution in [0.1, 0.15) is 29.0 Å². The first kappa shape index (κ1) is 15.3. The number of hydrogen-bond acceptors (Lipinski definition) is 4. The third-order valence-electron chi connectivity index (χ3n) is 3.92. The lowest BCUT2D eigenvalue weighted by Gasteiger charge is -2.32. The number of likely N-dealkylation sites (tertiary alicyclic amines) is 1. The van der Waals surface area contributed by atoms with Gasteiger partial charge < -0.3 is 14.1 Å². The Morgan fingerprint density at radius 1 is 1.17 bits per heavy atom. The lowest BCUT2D eigenvalue weighted by Crippen LogP contribution is -2.41. The van der Waals surface area contributed by atoms with Crippen LogP contribution in [0.3, 0.4) is 0 Å². The molecule has 0 bridgehead atoms. The minimum atomic E-state index is -0.406. The molecule has 5 heteroatoms. The van der Waals surface area contributed by atoms with E-state index in [1.807, 2.05) is 35.2 Å². The number of ether oxygens (including phenoxy) is 1. The van der Waals surface area contributed by atoms with Gasteiger partial charge in [0.1, 0.15) is 17.6 Å². The smallest absolute Gasteiger partial charge is 0.339 e. The minimum absolute atomic E-state index is 0.0102. The highest BCUT2D eigenvalue weighted by Crippen LogP contribution is 2.20. The summed E-state index contributed by atoms with van der Waals surface area (Å²) < 4.78 is 10.8. The summed E-state index contributed by atoms with van der Waals surface area (Å²) >= 11 is 0. The van der Waals surface area contributed by atoms with Gasteiger partial charge in [0.05, 0.1) is 6.07 Å². The van der Waals surface area contributed by atoms with Crippen LogP contribution in [0.15, 0.2) is 51.7 Å². The first-order valence-electron chi connectivity index (χ1n) is 7.74. The van der Waals surface area contributed by atoms with E-state index in [2.05, 4.69) is 0 Å². The minimum Gasteiger partial charge on any atom is -0.490 e. The number of benzene rings is 1. The molecule has 5 nitrogen and oxygen atoms in total. The molecular weight excluding hydrogens is 294 g/mol. The van der Waals surface area contributed by atoms with Crippen molar-refractivity contribution in [2.75, 3.05) is 13.1 Å². The van der Waals surface area contributed by atoms with Crippen LogP contribution in [-0.2, 0) is 0 Å². The maximum atomic E-state index is 12.4. The molecule has 0 radical (unpaired) electrons. The third kappa shape index (κ3) is 3.80. The van der Waals surface area contributed by atoms with Gasteiger partial charge in [-0.15, -0.1) is 0 Å². The molecule has 2 aromatic rings. The van der Waals surface area contributed by atoms with Crippen molar-refractivity contribution in [3.05, 3.63) is 64.2 Å². The second-order valence-corrected chi connectivity index (χ2v) is 5.70. The molecule has 0 unspecified atom stereocenters. The Morgan fingerprint density at radius 2 is 1.87 bits per heavy atom. The van der Waals surface area contributed by atoms with Crippen molar-refractivity contribution in [2.24, 2.45) is 0 Å². The largest absolute Gasteiger partial charge is 0.490 e. The van der Waals surface area contributed by atoms with E-state index in [1.165, 1.54) is 6.07 Å². The molecule has 23 heavy (non-hydrogen) atoms. The Hall–Kier alpha value is -2.56. The fraction of sp³-hybridized carbons (Fsp3) is 0.333. The number of piperidine rings is 1. The Kier molecular flexibility index (Phi) is 4.46. The maximum Gasteiger partial charge on any atom is 0.339 e. The third-order valence-corrected chi connectivity index (χ3v) is 3.92. The number of aryl methyl sites for hydroxylation is 1. The molecule has 120 valence electrons. The van der Waals surface area contributed by atoms with Gasteiger partial charge in [-0.3, -0.25) is 4.79 Å². The van der Waals surface area contributed by atoms with Crippen LogP contribution in [0.5, 0.6) is 5.75 Å².